The van der Waals surface area contributed by atoms with Gasteiger partial charge in [-0.3, -0.25) is 0 Å². The van der Waals surface area contributed by atoms with Gasteiger partial charge in [0.25, 0.3) is 0 Å². The molecule has 1 aromatic heterocycles. The Labute approximate surface area is 133 Å². The first kappa shape index (κ1) is 16.3. The van der Waals surface area contributed by atoms with Crippen LogP contribution in [0, 0.1) is 13.8 Å². The Bertz CT molecular complexity index is 578. The number of benzene rings is 1. The molecule has 22 heavy (non-hydrogen) atoms. The van der Waals surface area contributed by atoms with E-state index in [2.05, 4.69) is 58.7 Å². The molecule has 2 N–H and O–H groups in total. The van der Waals surface area contributed by atoms with Crippen molar-refractivity contribution in [1.82, 2.24) is 9.97 Å². The Hall–Kier alpha value is -2.10. The van der Waals surface area contributed by atoms with Gasteiger partial charge in [-0.1, -0.05) is 49.6 Å². The highest BCUT2D eigenvalue weighted by molar-refractivity contribution is 5.42. The lowest BCUT2D eigenvalue weighted by molar-refractivity contribution is 0.742. The van der Waals surface area contributed by atoms with E-state index in [1.807, 2.05) is 13.0 Å². The first-order valence-corrected chi connectivity index (χ1v) is 8.06. The third-order valence-electron chi connectivity index (χ3n) is 3.51. The quantitative estimate of drug-likeness (QED) is 0.713. The summed E-state index contributed by atoms with van der Waals surface area (Å²) in [4.78, 5) is 8.98. The maximum absolute atomic E-state index is 4.53. The van der Waals surface area contributed by atoms with E-state index in [0.29, 0.717) is 5.95 Å². The van der Waals surface area contributed by atoms with Crippen LogP contribution in [0.15, 0.2) is 30.3 Å². The van der Waals surface area contributed by atoms with E-state index in [0.717, 1.165) is 24.6 Å². The van der Waals surface area contributed by atoms with Crippen molar-refractivity contribution in [1.29, 1.82) is 0 Å². The second-order valence-corrected chi connectivity index (χ2v) is 5.69. The first-order valence-electron chi connectivity index (χ1n) is 8.06. The summed E-state index contributed by atoms with van der Waals surface area (Å²) < 4.78 is 0. The highest BCUT2D eigenvalue weighted by Crippen LogP contribution is 2.11. The van der Waals surface area contributed by atoms with Crippen LogP contribution in [0.1, 0.15) is 43.0 Å². The minimum atomic E-state index is 0.679. The predicted octanol–water partition coefficient (Wildman–Crippen LogP) is 4.31. The number of nitrogens with zero attached hydrogens (tertiary/aromatic N) is 2. The number of unbranched alkanes of at least 4 members (excludes halogenated alkanes) is 2. The van der Waals surface area contributed by atoms with Crippen LogP contribution >= 0.6 is 0 Å². The van der Waals surface area contributed by atoms with Crippen molar-refractivity contribution in [3.05, 3.63) is 47.2 Å². The highest BCUT2D eigenvalue weighted by atomic mass is 15.1. The van der Waals surface area contributed by atoms with Crippen molar-refractivity contribution >= 4 is 11.8 Å². The Morgan fingerprint density at radius 1 is 0.955 bits per heavy atom. The zero-order valence-corrected chi connectivity index (χ0v) is 13.8. The lowest BCUT2D eigenvalue weighted by atomic mass is 10.1. The molecule has 0 aliphatic rings. The first-order chi connectivity index (χ1) is 10.7. The van der Waals surface area contributed by atoms with Crippen molar-refractivity contribution < 1.29 is 0 Å². The fraction of sp³-hybridized carbons (Fsp3) is 0.444. The van der Waals surface area contributed by atoms with Crippen LogP contribution in [-0.4, -0.2) is 16.5 Å². The smallest absolute Gasteiger partial charge is 0.225 e. The molecule has 118 valence electrons. The zero-order valence-electron chi connectivity index (χ0n) is 13.8. The van der Waals surface area contributed by atoms with E-state index >= 15 is 0 Å². The Morgan fingerprint density at radius 2 is 1.73 bits per heavy atom. The van der Waals surface area contributed by atoms with Crippen LogP contribution in [-0.2, 0) is 6.54 Å². The SMILES string of the molecule is CCCCCNc1cc(C)nc(NCc2ccc(C)cc2)n1. The number of aromatic nitrogens is 2. The van der Waals surface area contributed by atoms with Gasteiger partial charge in [0, 0.05) is 24.8 Å². The molecule has 0 fully saturated rings. The van der Waals surface area contributed by atoms with Gasteiger partial charge in [-0.2, -0.15) is 4.98 Å². The molecule has 0 unspecified atom stereocenters. The Kier molecular flexibility index (Phi) is 6.19. The fourth-order valence-electron chi connectivity index (χ4n) is 2.22. The molecule has 0 aliphatic heterocycles. The van der Waals surface area contributed by atoms with Gasteiger partial charge in [-0.15, -0.1) is 0 Å². The van der Waals surface area contributed by atoms with Crippen LogP contribution in [0.25, 0.3) is 0 Å². The van der Waals surface area contributed by atoms with E-state index in [9.17, 15) is 0 Å². The average Bonchev–Trinajstić information content (AvgIpc) is 2.51. The molecule has 2 rings (SSSR count). The monoisotopic (exact) mass is 298 g/mol. The predicted molar refractivity (Wildman–Crippen MR) is 93.3 cm³/mol. The van der Waals surface area contributed by atoms with Gasteiger partial charge in [0.2, 0.25) is 5.95 Å². The Balaban J connectivity index is 1.92. The summed E-state index contributed by atoms with van der Waals surface area (Å²) >= 11 is 0. The molecule has 0 saturated heterocycles. The number of hydrogen-bond acceptors (Lipinski definition) is 4. The summed E-state index contributed by atoms with van der Waals surface area (Å²) in [5.74, 6) is 1.58. The highest BCUT2D eigenvalue weighted by Gasteiger charge is 2.02. The number of anilines is 2. The van der Waals surface area contributed by atoms with E-state index in [1.54, 1.807) is 0 Å². The Morgan fingerprint density at radius 3 is 2.45 bits per heavy atom. The van der Waals surface area contributed by atoms with Crippen molar-refractivity contribution in [2.75, 3.05) is 17.2 Å². The standard InChI is InChI=1S/C18H26N4/c1-4-5-6-11-19-17-12-15(3)21-18(22-17)20-13-16-9-7-14(2)8-10-16/h7-10,12H,4-6,11,13H2,1-3H3,(H2,19,20,21,22). The molecule has 1 heterocycles. The number of aryl methyl sites for hydroxylation is 2. The van der Waals surface area contributed by atoms with E-state index in [1.165, 1.54) is 30.4 Å². The van der Waals surface area contributed by atoms with Gasteiger partial charge in [0.05, 0.1) is 0 Å². The third-order valence-corrected chi connectivity index (χ3v) is 3.51. The molecule has 0 aliphatic carbocycles. The molecule has 2 aromatic rings. The minimum Gasteiger partial charge on any atom is -0.370 e. The summed E-state index contributed by atoms with van der Waals surface area (Å²) in [6.45, 7) is 8.00. The van der Waals surface area contributed by atoms with E-state index in [4.69, 9.17) is 0 Å². The van der Waals surface area contributed by atoms with Crippen molar-refractivity contribution in [2.24, 2.45) is 0 Å². The number of rotatable bonds is 8. The summed E-state index contributed by atoms with van der Waals surface area (Å²) in [6.07, 6.45) is 3.65. The fourth-order valence-corrected chi connectivity index (χ4v) is 2.22. The molecular weight excluding hydrogens is 272 g/mol. The summed E-state index contributed by atoms with van der Waals surface area (Å²) in [5, 5.41) is 6.68. The molecule has 0 saturated carbocycles. The van der Waals surface area contributed by atoms with Crippen LogP contribution in [0.5, 0.6) is 0 Å². The van der Waals surface area contributed by atoms with Gasteiger partial charge >= 0.3 is 0 Å². The van der Waals surface area contributed by atoms with Crippen molar-refractivity contribution in [3.8, 4) is 0 Å². The van der Waals surface area contributed by atoms with Crippen LogP contribution in [0.4, 0.5) is 11.8 Å². The second-order valence-electron chi connectivity index (χ2n) is 5.69. The normalized spacial score (nSPS) is 10.5. The summed E-state index contributed by atoms with van der Waals surface area (Å²) in [6, 6.07) is 10.5. The number of hydrogen-bond donors (Lipinski definition) is 2. The lowest BCUT2D eigenvalue weighted by Crippen LogP contribution is -2.08. The van der Waals surface area contributed by atoms with Gasteiger partial charge in [0.1, 0.15) is 5.82 Å². The number of nitrogens with one attached hydrogen (secondary N) is 2. The molecule has 0 amide bonds. The van der Waals surface area contributed by atoms with Crippen LogP contribution < -0.4 is 10.6 Å². The maximum Gasteiger partial charge on any atom is 0.225 e. The summed E-state index contributed by atoms with van der Waals surface area (Å²) in [7, 11) is 0. The second kappa shape index (κ2) is 8.37. The molecule has 0 bridgehead atoms. The lowest BCUT2D eigenvalue weighted by Gasteiger charge is -2.10. The molecule has 0 atom stereocenters. The molecule has 1 aromatic carbocycles. The van der Waals surface area contributed by atoms with E-state index < -0.39 is 0 Å². The van der Waals surface area contributed by atoms with E-state index in [-0.39, 0.29) is 0 Å². The van der Waals surface area contributed by atoms with Crippen molar-refractivity contribution in [2.45, 2.75) is 46.6 Å². The third kappa shape index (κ3) is 5.35. The zero-order chi connectivity index (χ0) is 15.8. The molecule has 0 radical (unpaired) electrons. The average molecular weight is 298 g/mol. The molecule has 0 spiro atoms. The summed E-state index contributed by atoms with van der Waals surface area (Å²) in [5.41, 5.74) is 3.47. The maximum atomic E-state index is 4.53. The van der Waals surface area contributed by atoms with Crippen LogP contribution in [0.3, 0.4) is 0 Å². The van der Waals surface area contributed by atoms with Crippen molar-refractivity contribution in [3.63, 3.8) is 0 Å². The topological polar surface area (TPSA) is 49.8 Å². The molecule has 4 heteroatoms. The minimum absolute atomic E-state index is 0.679. The van der Waals surface area contributed by atoms with Crippen LogP contribution in [0.2, 0.25) is 0 Å². The largest absolute Gasteiger partial charge is 0.370 e. The van der Waals surface area contributed by atoms with Gasteiger partial charge < -0.3 is 10.6 Å². The van der Waals surface area contributed by atoms with Gasteiger partial charge in [-0.05, 0) is 25.8 Å². The molecular formula is C18H26N4. The molecule has 4 nitrogen and oxygen atoms in total. The van der Waals surface area contributed by atoms with Gasteiger partial charge in [-0.25, -0.2) is 4.98 Å². The van der Waals surface area contributed by atoms with Gasteiger partial charge in [0.15, 0.2) is 0 Å².